The van der Waals surface area contributed by atoms with E-state index in [0.29, 0.717) is 30.8 Å². The molecule has 5 heteroatoms. The summed E-state index contributed by atoms with van der Waals surface area (Å²) in [5, 5.41) is 7.88. The van der Waals surface area contributed by atoms with E-state index in [1.165, 1.54) is 11.1 Å². The third-order valence-electron chi connectivity index (χ3n) is 6.94. The second-order valence-corrected chi connectivity index (χ2v) is 10.9. The predicted molar refractivity (Wildman–Crippen MR) is 158 cm³/mol. The third kappa shape index (κ3) is 6.52. The van der Waals surface area contributed by atoms with E-state index >= 15 is 0 Å². The number of hydrogen-bond acceptors (Lipinski definition) is 2. The predicted octanol–water partition coefficient (Wildman–Crippen LogP) is 8.54. The van der Waals surface area contributed by atoms with Gasteiger partial charge in [0.05, 0.1) is 19.3 Å². The van der Waals surface area contributed by atoms with Crippen molar-refractivity contribution in [3.63, 3.8) is 0 Å². The van der Waals surface area contributed by atoms with E-state index in [2.05, 4.69) is 94.4 Å². The smallest absolute Gasteiger partial charge is 0.307 e. The second kappa shape index (κ2) is 12.1. The van der Waals surface area contributed by atoms with Gasteiger partial charge in [0.2, 0.25) is 0 Å². The van der Waals surface area contributed by atoms with Gasteiger partial charge >= 0.3 is 6.03 Å². The summed E-state index contributed by atoms with van der Waals surface area (Å²) in [6.45, 7) is 14.1. The standard InChI is InChI=1S/C33H40N4O/c1-23(2)28-15-17-29(18-16-28)37(22-27-19-34-36(21-27)20-26-11-8-7-9-12-26)33(38)35-32-30(24(3)4)13-10-14-31(32)25(5)6/h7-19,21,23-25H,20,22H2,1-6H3,(H,35,38). The lowest BCUT2D eigenvalue weighted by atomic mass is 9.93. The van der Waals surface area contributed by atoms with Crippen LogP contribution in [0.1, 0.15) is 87.1 Å². The van der Waals surface area contributed by atoms with Crippen molar-refractivity contribution in [1.82, 2.24) is 9.78 Å². The molecule has 38 heavy (non-hydrogen) atoms. The molecule has 5 nitrogen and oxygen atoms in total. The number of hydrogen-bond donors (Lipinski definition) is 1. The summed E-state index contributed by atoms with van der Waals surface area (Å²) in [6, 6.07) is 24.7. The minimum absolute atomic E-state index is 0.145. The van der Waals surface area contributed by atoms with Gasteiger partial charge in [-0.15, -0.1) is 0 Å². The minimum Gasteiger partial charge on any atom is -0.307 e. The van der Waals surface area contributed by atoms with Gasteiger partial charge in [0.25, 0.3) is 0 Å². The number of carbonyl (C=O) groups is 1. The molecule has 0 aliphatic rings. The van der Waals surface area contributed by atoms with E-state index in [9.17, 15) is 4.79 Å². The molecule has 0 aliphatic heterocycles. The molecule has 4 rings (SSSR count). The average molecular weight is 509 g/mol. The van der Waals surface area contributed by atoms with Gasteiger partial charge in [-0.2, -0.15) is 5.10 Å². The molecule has 0 radical (unpaired) electrons. The molecule has 0 fully saturated rings. The molecule has 1 aromatic heterocycles. The summed E-state index contributed by atoms with van der Waals surface area (Å²) in [5.74, 6) is 1.01. The van der Waals surface area contributed by atoms with E-state index < -0.39 is 0 Å². The normalized spacial score (nSPS) is 11.4. The Labute approximate surface area is 227 Å². The van der Waals surface area contributed by atoms with Gasteiger partial charge in [0, 0.05) is 23.1 Å². The summed E-state index contributed by atoms with van der Waals surface area (Å²) < 4.78 is 1.92. The molecule has 198 valence electrons. The fourth-order valence-corrected chi connectivity index (χ4v) is 4.72. The number of aromatic nitrogens is 2. The average Bonchev–Trinajstić information content (AvgIpc) is 3.34. The molecule has 0 saturated heterocycles. The summed E-state index contributed by atoms with van der Waals surface area (Å²) in [5.41, 5.74) is 7.49. The number of nitrogens with zero attached hydrogens (tertiary/aromatic N) is 3. The van der Waals surface area contributed by atoms with E-state index in [1.54, 1.807) is 0 Å². The Hall–Kier alpha value is -3.86. The Balaban J connectivity index is 1.65. The monoisotopic (exact) mass is 508 g/mol. The van der Waals surface area contributed by atoms with Crippen LogP contribution < -0.4 is 10.2 Å². The number of rotatable bonds is 9. The van der Waals surface area contributed by atoms with Gasteiger partial charge in [0.1, 0.15) is 0 Å². The first-order chi connectivity index (χ1) is 18.2. The van der Waals surface area contributed by atoms with Gasteiger partial charge in [-0.1, -0.05) is 102 Å². The summed E-state index contributed by atoms with van der Waals surface area (Å²) in [4.78, 5) is 15.8. The Morgan fingerprint density at radius 1 is 0.789 bits per heavy atom. The van der Waals surface area contributed by atoms with Gasteiger partial charge in [-0.05, 0) is 52.1 Å². The van der Waals surface area contributed by atoms with Crippen molar-refractivity contribution in [2.75, 3.05) is 10.2 Å². The summed E-state index contributed by atoms with van der Waals surface area (Å²) in [7, 11) is 0. The third-order valence-corrected chi connectivity index (χ3v) is 6.94. The Kier molecular flexibility index (Phi) is 8.67. The van der Waals surface area contributed by atoms with Crippen LogP contribution in [0.15, 0.2) is 85.2 Å². The van der Waals surface area contributed by atoms with Gasteiger partial charge < -0.3 is 5.32 Å². The van der Waals surface area contributed by atoms with E-state index in [4.69, 9.17) is 0 Å². The quantitative estimate of drug-likeness (QED) is 0.246. The van der Waals surface area contributed by atoms with Crippen LogP contribution in [-0.2, 0) is 13.1 Å². The zero-order valence-electron chi connectivity index (χ0n) is 23.5. The van der Waals surface area contributed by atoms with Crippen LogP contribution in [0, 0.1) is 0 Å². The highest BCUT2D eigenvalue weighted by molar-refractivity contribution is 6.02. The molecular formula is C33H40N4O. The molecule has 1 heterocycles. The van der Waals surface area contributed by atoms with Gasteiger partial charge in [0.15, 0.2) is 0 Å². The van der Waals surface area contributed by atoms with Crippen LogP contribution in [0.3, 0.4) is 0 Å². The number of anilines is 2. The summed E-state index contributed by atoms with van der Waals surface area (Å²) >= 11 is 0. The highest BCUT2D eigenvalue weighted by atomic mass is 16.2. The molecule has 1 N–H and O–H groups in total. The number of benzene rings is 3. The lowest BCUT2D eigenvalue weighted by Crippen LogP contribution is -2.35. The first-order valence-corrected chi connectivity index (χ1v) is 13.6. The molecule has 0 atom stereocenters. The van der Waals surface area contributed by atoms with Gasteiger partial charge in [-0.25, -0.2) is 4.79 Å². The first kappa shape index (κ1) is 27.2. The number of nitrogens with one attached hydrogen (secondary N) is 1. The van der Waals surface area contributed by atoms with E-state index in [-0.39, 0.29) is 6.03 Å². The van der Waals surface area contributed by atoms with Crippen LogP contribution in [0.4, 0.5) is 16.2 Å². The molecular weight excluding hydrogens is 468 g/mol. The Bertz CT molecular complexity index is 1310. The largest absolute Gasteiger partial charge is 0.326 e. The van der Waals surface area contributed by atoms with Crippen molar-refractivity contribution in [2.24, 2.45) is 0 Å². The zero-order valence-corrected chi connectivity index (χ0v) is 23.5. The minimum atomic E-state index is -0.145. The fourth-order valence-electron chi connectivity index (χ4n) is 4.72. The Morgan fingerprint density at radius 3 is 2.00 bits per heavy atom. The lowest BCUT2D eigenvalue weighted by molar-refractivity contribution is 0.256. The topological polar surface area (TPSA) is 50.2 Å². The number of para-hydroxylation sites is 1. The molecule has 0 bridgehead atoms. The van der Waals surface area contributed by atoms with Crippen LogP contribution in [-0.4, -0.2) is 15.8 Å². The number of urea groups is 1. The van der Waals surface area contributed by atoms with Crippen molar-refractivity contribution in [3.05, 3.63) is 113 Å². The Morgan fingerprint density at radius 2 is 1.42 bits per heavy atom. The highest BCUT2D eigenvalue weighted by Crippen LogP contribution is 2.33. The van der Waals surface area contributed by atoms with Crippen molar-refractivity contribution < 1.29 is 4.79 Å². The van der Waals surface area contributed by atoms with Crippen LogP contribution >= 0.6 is 0 Å². The maximum Gasteiger partial charge on any atom is 0.326 e. The van der Waals surface area contributed by atoms with Crippen molar-refractivity contribution in [2.45, 2.75) is 72.4 Å². The number of amides is 2. The molecule has 4 aromatic rings. The lowest BCUT2D eigenvalue weighted by Gasteiger charge is -2.26. The molecule has 3 aromatic carbocycles. The van der Waals surface area contributed by atoms with Crippen LogP contribution in [0.2, 0.25) is 0 Å². The first-order valence-electron chi connectivity index (χ1n) is 13.6. The second-order valence-electron chi connectivity index (χ2n) is 10.9. The molecule has 0 unspecified atom stereocenters. The number of carbonyl (C=O) groups excluding carboxylic acids is 1. The van der Waals surface area contributed by atoms with Crippen LogP contribution in [0.5, 0.6) is 0 Å². The molecule has 2 amide bonds. The maximum atomic E-state index is 14.0. The van der Waals surface area contributed by atoms with Crippen molar-refractivity contribution in [3.8, 4) is 0 Å². The van der Waals surface area contributed by atoms with Gasteiger partial charge in [-0.3, -0.25) is 9.58 Å². The maximum absolute atomic E-state index is 14.0. The fraction of sp³-hybridized carbons (Fsp3) is 0.333. The van der Waals surface area contributed by atoms with E-state index in [1.807, 2.05) is 52.3 Å². The summed E-state index contributed by atoms with van der Waals surface area (Å²) in [6.07, 6.45) is 3.88. The SMILES string of the molecule is CC(C)c1ccc(N(Cc2cnn(Cc3ccccc3)c2)C(=O)Nc2c(C(C)C)cccc2C(C)C)cc1. The van der Waals surface area contributed by atoms with Crippen molar-refractivity contribution in [1.29, 1.82) is 0 Å². The van der Waals surface area contributed by atoms with Crippen molar-refractivity contribution >= 4 is 17.4 Å². The van der Waals surface area contributed by atoms with E-state index in [0.717, 1.165) is 28.1 Å². The molecule has 0 aliphatic carbocycles. The molecule has 0 spiro atoms. The highest BCUT2D eigenvalue weighted by Gasteiger charge is 2.22. The molecule has 0 saturated carbocycles. The van der Waals surface area contributed by atoms with Crippen LogP contribution in [0.25, 0.3) is 0 Å². The zero-order chi connectivity index (χ0) is 27.2.